The first kappa shape index (κ1) is 96.7. The summed E-state index contributed by atoms with van der Waals surface area (Å²) < 4.78 is 34.6. The molecule has 104 heavy (non-hydrogen) atoms. The van der Waals surface area contributed by atoms with Crippen LogP contribution < -0.4 is 5.32 Å². The highest BCUT2D eigenvalue weighted by molar-refractivity contribution is 5.76. The van der Waals surface area contributed by atoms with Crippen molar-refractivity contribution in [3.63, 3.8) is 0 Å². The van der Waals surface area contributed by atoms with Crippen LogP contribution in [0, 0.1) is 0 Å². The summed E-state index contributed by atoms with van der Waals surface area (Å²) in [5.74, 6) is -0.232. The van der Waals surface area contributed by atoms with E-state index in [9.17, 15) is 61.0 Å². The van der Waals surface area contributed by atoms with E-state index < -0.39 is 124 Å². The first-order chi connectivity index (χ1) is 50.8. The Morgan fingerprint density at radius 2 is 0.606 bits per heavy atom. The van der Waals surface area contributed by atoms with Crippen LogP contribution in [0.15, 0.2) is 12.2 Å². The van der Waals surface area contributed by atoms with Gasteiger partial charge in [0, 0.05) is 6.42 Å². The molecule has 0 aromatic carbocycles. The van der Waals surface area contributed by atoms with E-state index in [0.29, 0.717) is 12.8 Å². The summed E-state index contributed by atoms with van der Waals surface area (Å²) in [6.45, 7) is 1.88. The fourth-order valence-corrected chi connectivity index (χ4v) is 15.3. The second-order valence-electron chi connectivity index (χ2n) is 31.7. The van der Waals surface area contributed by atoms with Crippen molar-refractivity contribution in [2.75, 3.05) is 26.4 Å². The first-order valence-electron chi connectivity index (χ1n) is 43.9. The number of carbonyl (C=O) groups excluding carboxylic acids is 1. The van der Waals surface area contributed by atoms with Crippen LogP contribution in [-0.2, 0) is 33.2 Å². The molecule has 3 aliphatic heterocycles. The second-order valence-corrected chi connectivity index (χ2v) is 31.7. The molecule has 3 fully saturated rings. The zero-order valence-corrected chi connectivity index (χ0v) is 66.3. The molecular weight excluding hydrogens is 1320 g/mol. The Kier molecular flexibility index (Phi) is 61.5. The quantitative estimate of drug-likeness (QED) is 0.0199. The molecule has 0 aliphatic carbocycles. The number of unbranched alkanes of at least 4 members (excludes halogenated alkanes) is 54. The summed E-state index contributed by atoms with van der Waals surface area (Å²) in [4.78, 5) is 13.5. The summed E-state index contributed by atoms with van der Waals surface area (Å²) in [6.07, 6.45) is 53.2. The standard InChI is InChI=1S/C85H163NO18/c1-3-5-7-9-11-13-15-17-19-21-23-25-27-29-30-31-32-33-34-35-36-37-38-39-41-43-45-47-49-51-53-55-57-59-61-63-73(91)86-68(69(90)62-60-58-56-54-52-50-48-46-44-42-40-28-26-24-22-20-18-16-14-12-10-8-6-4-2)67-99-83-79(97)76(94)81(71(65-88)101-83)104-85-80(98)77(95)82(72(66-89)102-85)103-84-78(96)75(93)74(92)70(64-87)100-84/h21,23,68-72,74-85,87-90,92-98H,3-20,22,24-67H2,1-2H3,(H,86,91)/b23-21-. The number of nitrogens with one attached hydrogen (secondary N) is 1. The zero-order valence-electron chi connectivity index (χ0n) is 66.3. The van der Waals surface area contributed by atoms with E-state index in [2.05, 4.69) is 31.3 Å². The molecule has 0 radical (unpaired) electrons. The molecule has 1 amide bonds. The predicted octanol–water partition coefficient (Wildman–Crippen LogP) is 15.9. The van der Waals surface area contributed by atoms with E-state index in [4.69, 9.17) is 28.4 Å². The van der Waals surface area contributed by atoms with Gasteiger partial charge < -0.3 is 89.9 Å². The van der Waals surface area contributed by atoms with Crippen LogP contribution in [0.4, 0.5) is 0 Å². The SMILES string of the molecule is CCCCCCCCCC/C=C\CCCCCCCCCCCCCCCCCCCCCCCCCC(=O)NC(COC1OC(CO)C(OC2OC(CO)C(OC3OC(CO)C(O)C(O)C3O)C(O)C2O)C(O)C1O)C(O)CCCCCCCCCCCCCCCCCCCCCCCCCC. The van der Waals surface area contributed by atoms with Crippen molar-refractivity contribution >= 4 is 5.91 Å². The first-order valence-corrected chi connectivity index (χ1v) is 43.9. The fraction of sp³-hybridized carbons (Fsp3) is 0.965. The van der Waals surface area contributed by atoms with E-state index >= 15 is 0 Å². The molecule has 0 aromatic heterocycles. The van der Waals surface area contributed by atoms with Gasteiger partial charge in [-0.15, -0.1) is 0 Å². The summed E-state index contributed by atoms with van der Waals surface area (Å²) in [6, 6.07) is -0.885. The average Bonchev–Trinajstić information content (AvgIpc) is 0.783. The molecule has 17 unspecified atom stereocenters. The number of rotatable bonds is 72. The Bertz CT molecular complexity index is 1920. The number of carbonyl (C=O) groups is 1. The van der Waals surface area contributed by atoms with Crippen LogP contribution in [0.1, 0.15) is 393 Å². The average molecular weight is 1490 g/mol. The van der Waals surface area contributed by atoms with Crippen molar-refractivity contribution in [3.05, 3.63) is 12.2 Å². The predicted molar refractivity (Wildman–Crippen MR) is 416 cm³/mol. The molecule has 17 atom stereocenters. The van der Waals surface area contributed by atoms with Gasteiger partial charge >= 0.3 is 0 Å². The van der Waals surface area contributed by atoms with Crippen molar-refractivity contribution in [3.8, 4) is 0 Å². The maximum Gasteiger partial charge on any atom is 0.220 e. The number of hydrogen-bond donors (Lipinski definition) is 12. The smallest absolute Gasteiger partial charge is 0.220 e. The minimum Gasteiger partial charge on any atom is -0.394 e. The Morgan fingerprint density at radius 1 is 0.337 bits per heavy atom. The van der Waals surface area contributed by atoms with Crippen molar-refractivity contribution in [2.45, 2.75) is 497 Å². The minimum atomic E-state index is -1.97. The van der Waals surface area contributed by atoms with Gasteiger partial charge in [-0.3, -0.25) is 4.79 Å². The lowest BCUT2D eigenvalue weighted by Crippen LogP contribution is -2.66. The number of aliphatic hydroxyl groups excluding tert-OH is 11. The summed E-state index contributed by atoms with van der Waals surface area (Å²) in [5.41, 5.74) is 0. The summed E-state index contributed by atoms with van der Waals surface area (Å²) >= 11 is 0. The molecule has 12 N–H and O–H groups in total. The Hall–Kier alpha value is -1.47. The van der Waals surface area contributed by atoms with Gasteiger partial charge in [0.1, 0.15) is 73.2 Å². The third-order valence-electron chi connectivity index (χ3n) is 22.3. The van der Waals surface area contributed by atoms with Crippen molar-refractivity contribution in [1.29, 1.82) is 0 Å². The third-order valence-corrected chi connectivity index (χ3v) is 22.3. The van der Waals surface area contributed by atoms with E-state index in [1.165, 1.54) is 315 Å². The molecule has 3 aliphatic rings. The maximum absolute atomic E-state index is 13.5. The van der Waals surface area contributed by atoms with Gasteiger partial charge in [0.15, 0.2) is 18.9 Å². The van der Waals surface area contributed by atoms with E-state index in [0.717, 1.165) is 44.9 Å². The van der Waals surface area contributed by atoms with Gasteiger partial charge in [0.2, 0.25) is 5.91 Å². The van der Waals surface area contributed by atoms with E-state index in [1.807, 2.05) is 0 Å². The second kappa shape index (κ2) is 66.2. The van der Waals surface area contributed by atoms with Crippen LogP contribution in [0.3, 0.4) is 0 Å². The number of aliphatic hydroxyl groups is 11. The van der Waals surface area contributed by atoms with Crippen molar-refractivity contribution < 1.29 is 89.4 Å². The lowest BCUT2D eigenvalue weighted by molar-refractivity contribution is -0.379. The summed E-state index contributed by atoms with van der Waals surface area (Å²) in [5, 5.41) is 121. The molecule has 616 valence electrons. The highest BCUT2D eigenvalue weighted by atomic mass is 16.8. The number of hydrogen-bond acceptors (Lipinski definition) is 18. The molecule has 0 bridgehead atoms. The number of ether oxygens (including phenoxy) is 6. The van der Waals surface area contributed by atoms with Gasteiger partial charge in [0.25, 0.3) is 0 Å². The number of amides is 1. The Morgan fingerprint density at radius 3 is 0.933 bits per heavy atom. The van der Waals surface area contributed by atoms with Crippen molar-refractivity contribution in [2.24, 2.45) is 0 Å². The number of allylic oxidation sites excluding steroid dienone is 2. The summed E-state index contributed by atoms with van der Waals surface area (Å²) in [7, 11) is 0. The normalized spacial score (nSPS) is 25.9. The molecular formula is C85H163NO18. The van der Waals surface area contributed by atoms with E-state index in [1.54, 1.807) is 0 Å². The fourth-order valence-electron chi connectivity index (χ4n) is 15.3. The molecule has 19 heteroatoms. The van der Waals surface area contributed by atoms with Crippen LogP contribution in [0.25, 0.3) is 0 Å². The molecule has 19 nitrogen and oxygen atoms in total. The van der Waals surface area contributed by atoms with Crippen LogP contribution in [0.2, 0.25) is 0 Å². The highest BCUT2D eigenvalue weighted by Crippen LogP contribution is 2.34. The van der Waals surface area contributed by atoms with E-state index in [-0.39, 0.29) is 18.9 Å². The zero-order chi connectivity index (χ0) is 75.3. The van der Waals surface area contributed by atoms with Crippen LogP contribution >= 0.6 is 0 Å². The molecule has 3 heterocycles. The van der Waals surface area contributed by atoms with Gasteiger partial charge in [-0.2, -0.15) is 0 Å². The van der Waals surface area contributed by atoms with Crippen LogP contribution in [0.5, 0.6) is 0 Å². The molecule has 0 spiro atoms. The Labute approximate surface area is 633 Å². The largest absolute Gasteiger partial charge is 0.394 e. The Balaban J connectivity index is 1.32. The lowest BCUT2D eigenvalue weighted by Gasteiger charge is -2.48. The van der Waals surface area contributed by atoms with Crippen molar-refractivity contribution in [1.82, 2.24) is 5.32 Å². The van der Waals surface area contributed by atoms with Gasteiger partial charge in [-0.05, 0) is 38.5 Å². The maximum atomic E-state index is 13.5. The third kappa shape index (κ3) is 45.1. The highest BCUT2D eigenvalue weighted by Gasteiger charge is 2.54. The van der Waals surface area contributed by atoms with Gasteiger partial charge in [-0.25, -0.2) is 0 Å². The van der Waals surface area contributed by atoms with Crippen LogP contribution in [-0.4, -0.2) is 193 Å². The molecule has 3 rings (SSSR count). The van der Waals surface area contributed by atoms with Gasteiger partial charge in [0.05, 0.1) is 38.6 Å². The monoisotopic (exact) mass is 1490 g/mol. The topological polar surface area (TPSA) is 307 Å². The minimum absolute atomic E-state index is 0.232. The van der Waals surface area contributed by atoms with Gasteiger partial charge in [-0.1, -0.05) is 360 Å². The molecule has 0 saturated carbocycles. The molecule has 0 aromatic rings. The lowest BCUT2D eigenvalue weighted by atomic mass is 9.96. The molecule has 3 saturated heterocycles.